The number of nitrogens with two attached hydrogens (primary N) is 1. The molecule has 0 spiro atoms. The van der Waals surface area contributed by atoms with Gasteiger partial charge in [0.2, 0.25) is 12.3 Å². The van der Waals surface area contributed by atoms with Crippen LogP contribution < -0.4 is 16.4 Å². The number of hydrogen-bond acceptors (Lipinski definition) is 4. The zero-order chi connectivity index (χ0) is 27.9. The number of likely N-dealkylation sites (tertiary alicyclic amines) is 1. The number of aryl methyl sites for hydroxylation is 1. The fourth-order valence-corrected chi connectivity index (χ4v) is 4.75. The summed E-state index contributed by atoms with van der Waals surface area (Å²) in [6.07, 6.45) is 6.39. The molecule has 1 heterocycles. The van der Waals surface area contributed by atoms with Crippen LogP contribution in [-0.4, -0.2) is 48.9 Å². The van der Waals surface area contributed by atoms with E-state index in [2.05, 4.69) is 41.5 Å². The molecule has 2 aromatic carbocycles. The lowest BCUT2D eigenvalue weighted by atomic mass is 10.0. The smallest absolute Gasteiger partial charge is 0.220 e. The van der Waals surface area contributed by atoms with Gasteiger partial charge in [-0.15, -0.1) is 0 Å². The van der Waals surface area contributed by atoms with Gasteiger partial charge in [-0.1, -0.05) is 66.8 Å². The molecule has 210 valence electrons. The van der Waals surface area contributed by atoms with E-state index in [0.717, 1.165) is 68.7 Å². The van der Waals surface area contributed by atoms with Gasteiger partial charge < -0.3 is 16.4 Å². The van der Waals surface area contributed by atoms with Crippen molar-refractivity contribution in [1.82, 2.24) is 15.5 Å². The van der Waals surface area contributed by atoms with Crippen molar-refractivity contribution in [3.8, 4) is 0 Å². The molecule has 4 N–H and O–H groups in total. The van der Waals surface area contributed by atoms with Gasteiger partial charge in [0, 0.05) is 49.7 Å². The Hall–Kier alpha value is -1.83. The van der Waals surface area contributed by atoms with Crippen molar-refractivity contribution in [2.75, 3.05) is 19.6 Å². The molecule has 0 aromatic heterocycles. The molecule has 0 radical (unpaired) electrons. The molecule has 1 saturated heterocycles. The van der Waals surface area contributed by atoms with Crippen molar-refractivity contribution < 1.29 is 9.59 Å². The van der Waals surface area contributed by atoms with Crippen LogP contribution in [0, 0.1) is 5.92 Å². The summed E-state index contributed by atoms with van der Waals surface area (Å²) < 4.78 is 0. The fourth-order valence-electron chi connectivity index (χ4n) is 4.31. The Labute approximate surface area is 242 Å². The average molecular weight is 584 g/mol. The van der Waals surface area contributed by atoms with Gasteiger partial charge in [-0.3, -0.25) is 14.5 Å². The summed E-state index contributed by atoms with van der Waals surface area (Å²) in [4.78, 5) is 24.4. The van der Waals surface area contributed by atoms with E-state index in [0.29, 0.717) is 41.0 Å². The second-order valence-electron chi connectivity index (χ2n) is 10.2. The Kier molecular flexibility index (Phi) is 15.1. The lowest BCUT2D eigenvalue weighted by molar-refractivity contribution is -0.121. The summed E-state index contributed by atoms with van der Waals surface area (Å²) in [5.41, 5.74) is 8.27. The van der Waals surface area contributed by atoms with Crippen molar-refractivity contribution in [3.05, 3.63) is 68.7 Å². The van der Waals surface area contributed by atoms with Gasteiger partial charge in [-0.25, -0.2) is 0 Å². The molecule has 1 aliphatic heterocycles. The molecule has 38 heavy (non-hydrogen) atoms. The van der Waals surface area contributed by atoms with Crippen LogP contribution in [0.15, 0.2) is 42.5 Å². The second kappa shape index (κ2) is 17.7. The first-order valence-corrected chi connectivity index (χ1v) is 14.4. The lowest BCUT2D eigenvalue weighted by Crippen LogP contribution is -2.37. The van der Waals surface area contributed by atoms with Crippen LogP contribution in [-0.2, 0) is 22.6 Å². The topological polar surface area (TPSA) is 87.5 Å². The van der Waals surface area contributed by atoms with E-state index in [-0.39, 0.29) is 5.91 Å². The summed E-state index contributed by atoms with van der Waals surface area (Å²) in [5, 5.41) is 7.44. The molecular weight excluding hydrogens is 543 g/mol. The van der Waals surface area contributed by atoms with E-state index in [9.17, 15) is 9.59 Å². The van der Waals surface area contributed by atoms with Gasteiger partial charge in [0.15, 0.2) is 0 Å². The third-order valence-electron chi connectivity index (χ3n) is 6.58. The Morgan fingerprint density at radius 2 is 1.76 bits per heavy atom. The molecule has 1 aliphatic rings. The number of nitrogens with one attached hydrogen (secondary N) is 2. The van der Waals surface area contributed by atoms with E-state index in [1.807, 2.05) is 18.2 Å². The van der Waals surface area contributed by atoms with Crippen molar-refractivity contribution in [1.29, 1.82) is 0 Å². The van der Waals surface area contributed by atoms with Crippen LogP contribution in [0.4, 0.5) is 0 Å². The summed E-state index contributed by atoms with van der Waals surface area (Å²) in [6, 6.07) is 14.2. The summed E-state index contributed by atoms with van der Waals surface area (Å²) >= 11 is 17.6. The molecule has 3 rings (SSSR count). The fraction of sp³-hybridized carbons (Fsp3) is 0.517. The molecular formula is C29H41Cl3N4O2. The number of carbonyl (C=O) groups excluding carboxylic acids is 2. The monoisotopic (exact) mass is 582 g/mol. The Bertz CT molecular complexity index is 988. The highest BCUT2D eigenvalue weighted by molar-refractivity contribution is 6.42. The molecule has 0 bridgehead atoms. The molecule has 2 atom stereocenters. The van der Waals surface area contributed by atoms with Crippen LogP contribution in [0.5, 0.6) is 0 Å². The van der Waals surface area contributed by atoms with E-state index in [1.165, 1.54) is 5.56 Å². The SMILES string of the molecule is CC(C)CCC(=O)NCc1ccc(Cl)c(Cl)c1.NC1CCN(C(CCNC=O)CCc2ccc(Cl)cc2)C1. The number of amides is 2. The maximum atomic E-state index is 11.5. The molecule has 9 heteroatoms. The Morgan fingerprint density at radius 3 is 2.37 bits per heavy atom. The van der Waals surface area contributed by atoms with Crippen LogP contribution in [0.3, 0.4) is 0 Å². The van der Waals surface area contributed by atoms with E-state index < -0.39 is 0 Å². The second-order valence-corrected chi connectivity index (χ2v) is 11.4. The lowest BCUT2D eigenvalue weighted by Gasteiger charge is -2.28. The number of rotatable bonds is 13. The first kappa shape index (κ1) is 32.4. The van der Waals surface area contributed by atoms with E-state index in [1.54, 1.807) is 12.1 Å². The molecule has 2 amide bonds. The largest absolute Gasteiger partial charge is 0.359 e. The van der Waals surface area contributed by atoms with Gasteiger partial charge >= 0.3 is 0 Å². The zero-order valence-electron chi connectivity index (χ0n) is 22.4. The first-order valence-electron chi connectivity index (χ1n) is 13.3. The average Bonchev–Trinajstić information content (AvgIpc) is 3.33. The number of nitrogens with zero attached hydrogens (tertiary/aromatic N) is 1. The van der Waals surface area contributed by atoms with E-state index >= 15 is 0 Å². The third kappa shape index (κ3) is 12.8. The van der Waals surface area contributed by atoms with Crippen LogP contribution in [0.2, 0.25) is 15.1 Å². The minimum absolute atomic E-state index is 0.0739. The maximum absolute atomic E-state index is 11.5. The van der Waals surface area contributed by atoms with Crippen molar-refractivity contribution in [3.63, 3.8) is 0 Å². The highest BCUT2D eigenvalue weighted by Crippen LogP contribution is 2.22. The Balaban J connectivity index is 0.000000273. The van der Waals surface area contributed by atoms with Gasteiger partial charge in [-0.05, 0) is 73.4 Å². The normalized spacial score (nSPS) is 16.0. The number of hydrogen-bond donors (Lipinski definition) is 3. The quantitative estimate of drug-likeness (QED) is 0.204. The minimum atomic E-state index is 0.0739. The van der Waals surface area contributed by atoms with Gasteiger partial charge in [-0.2, -0.15) is 0 Å². The molecule has 0 saturated carbocycles. The zero-order valence-corrected chi connectivity index (χ0v) is 24.7. The Morgan fingerprint density at radius 1 is 1.05 bits per heavy atom. The minimum Gasteiger partial charge on any atom is -0.359 e. The molecule has 0 aliphatic carbocycles. The highest BCUT2D eigenvalue weighted by Gasteiger charge is 2.25. The van der Waals surface area contributed by atoms with Crippen molar-refractivity contribution >= 4 is 47.1 Å². The summed E-state index contributed by atoms with van der Waals surface area (Å²) in [7, 11) is 0. The number of benzene rings is 2. The standard InChI is InChI=1S/C16H24ClN3O.C13H17Cl2NO/c17-14-4-1-13(2-5-14)3-6-16(7-9-19-12-21)20-10-8-15(18)11-20;1-9(2)3-6-13(17)16-8-10-4-5-11(14)12(15)7-10/h1-2,4-5,12,15-16H,3,6-11,18H2,(H,19,21);4-5,7,9H,3,6,8H2,1-2H3,(H,16,17). The molecule has 6 nitrogen and oxygen atoms in total. The molecule has 1 fully saturated rings. The number of halogens is 3. The summed E-state index contributed by atoms with van der Waals surface area (Å²) in [6.45, 7) is 7.45. The highest BCUT2D eigenvalue weighted by atomic mass is 35.5. The van der Waals surface area contributed by atoms with Crippen LogP contribution in [0.25, 0.3) is 0 Å². The van der Waals surface area contributed by atoms with Crippen molar-refractivity contribution in [2.24, 2.45) is 11.7 Å². The molecule has 2 unspecified atom stereocenters. The van der Waals surface area contributed by atoms with Crippen molar-refractivity contribution in [2.45, 2.75) is 71.0 Å². The third-order valence-corrected chi connectivity index (χ3v) is 7.57. The summed E-state index contributed by atoms with van der Waals surface area (Å²) in [5.74, 6) is 0.621. The van der Waals surface area contributed by atoms with Gasteiger partial charge in [0.25, 0.3) is 0 Å². The van der Waals surface area contributed by atoms with Gasteiger partial charge in [0.1, 0.15) is 0 Å². The maximum Gasteiger partial charge on any atom is 0.220 e. The van der Waals surface area contributed by atoms with E-state index in [4.69, 9.17) is 40.5 Å². The van der Waals surface area contributed by atoms with Crippen LogP contribution >= 0.6 is 34.8 Å². The van der Waals surface area contributed by atoms with Gasteiger partial charge in [0.05, 0.1) is 10.0 Å². The predicted molar refractivity (Wildman–Crippen MR) is 159 cm³/mol. The first-order chi connectivity index (χ1) is 18.2. The van der Waals surface area contributed by atoms with Crippen LogP contribution in [0.1, 0.15) is 57.1 Å². The molecule has 2 aromatic rings. The number of carbonyl (C=O) groups is 2. The predicted octanol–water partition coefficient (Wildman–Crippen LogP) is 5.86.